The molecule has 0 spiro atoms. The van der Waals surface area contributed by atoms with Crippen molar-refractivity contribution in [1.29, 1.82) is 0 Å². The molecular formula is C14H15N5O2S2. The largest absolute Gasteiger partial charge is 0.328 e. The van der Waals surface area contributed by atoms with Crippen molar-refractivity contribution in [2.24, 2.45) is 0 Å². The zero-order valence-corrected chi connectivity index (χ0v) is 13.9. The summed E-state index contributed by atoms with van der Waals surface area (Å²) < 4.78 is 31.0. The van der Waals surface area contributed by atoms with Crippen LogP contribution < -0.4 is 0 Å². The van der Waals surface area contributed by atoms with Crippen LogP contribution in [0.25, 0.3) is 0 Å². The highest BCUT2D eigenvalue weighted by Crippen LogP contribution is 2.25. The van der Waals surface area contributed by atoms with Gasteiger partial charge in [0.05, 0.1) is 25.0 Å². The molecule has 120 valence electrons. The van der Waals surface area contributed by atoms with E-state index >= 15 is 0 Å². The first-order chi connectivity index (χ1) is 11.1. The van der Waals surface area contributed by atoms with E-state index in [0.717, 1.165) is 11.5 Å². The van der Waals surface area contributed by atoms with E-state index in [-0.39, 0.29) is 0 Å². The van der Waals surface area contributed by atoms with Crippen molar-refractivity contribution in [1.82, 2.24) is 23.6 Å². The van der Waals surface area contributed by atoms with Crippen LogP contribution in [0.2, 0.25) is 0 Å². The lowest BCUT2D eigenvalue weighted by molar-refractivity contribution is 0.331. The number of rotatable bonds is 4. The van der Waals surface area contributed by atoms with Gasteiger partial charge in [-0.05, 0) is 17.5 Å². The first kappa shape index (κ1) is 14.6. The van der Waals surface area contributed by atoms with Gasteiger partial charge >= 0.3 is 0 Å². The van der Waals surface area contributed by atoms with E-state index in [1.165, 1.54) is 15.6 Å². The smallest absolute Gasteiger partial charge is 0.253 e. The topological polar surface area (TPSA) is 73.0 Å². The summed E-state index contributed by atoms with van der Waals surface area (Å²) in [5, 5.41) is 5.98. The molecule has 4 heterocycles. The molecule has 0 aromatic carbocycles. The second-order valence-corrected chi connectivity index (χ2v) is 8.40. The molecule has 0 saturated carbocycles. The van der Waals surface area contributed by atoms with E-state index in [2.05, 4.69) is 14.6 Å². The van der Waals surface area contributed by atoms with E-state index in [1.54, 1.807) is 29.9 Å². The van der Waals surface area contributed by atoms with Crippen molar-refractivity contribution in [2.45, 2.75) is 23.8 Å². The normalized spacial score (nSPS) is 15.7. The number of thiophene rings is 1. The van der Waals surface area contributed by atoms with Gasteiger partial charge in [0.2, 0.25) is 0 Å². The fraction of sp³-hybridized carbons (Fsp3) is 0.286. The van der Waals surface area contributed by atoms with Gasteiger partial charge in [-0.25, -0.2) is 13.4 Å². The molecular weight excluding hydrogens is 334 g/mol. The minimum Gasteiger partial charge on any atom is -0.328 e. The SMILES string of the molecule is O=S(=O)(c1cccs1)N1CCn2c(Cn3cccn3)cnc2C1. The summed E-state index contributed by atoms with van der Waals surface area (Å²) >= 11 is 1.24. The van der Waals surface area contributed by atoms with E-state index in [9.17, 15) is 8.42 Å². The van der Waals surface area contributed by atoms with Crippen LogP contribution in [-0.2, 0) is 29.7 Å². The van der Waals surface area contributed by atoms with Gasteiger partial charge in [-0.15, -0.1) is 11.3 Å². The van der Waals surface area contributed by atoms with Gasteiger partial charge in [-0.1, -0.05) is 6.07 Å². The molecule has 1 aliphatic rings. The molecule has 0 aliphatic carbocycles. The first-order valence-corrected chi connectivity index (χ1v) is 9.51. The maximum absolute atomic E-state index is 12.6. The fourth-order valence-corrected chi connectivity index (χ4v) is 5.26. The highest BCUT2D eigenvalue weighted by molar-refractivity contribution is 7.91. The Morgan fingerprint density at radius 1 is 1.26 bits per heavy atom. The minimum atomic E-state index is -3.42. The Kier molecular flexibility index (Phi) is 3.55. The predicted octanol–water partition coefficient (Wildman–Crippen LogP) is 1.39. The average Bonchev–Trinajstić information content (AvgIpc) is 3.29. The van der Waals surface area contributed by atoms with Crippen molar-refractivity contribution < 1.29 is 8.42 Å². The highest BCUT2D eigenvalue weighted by atomic mass is 32.2. The number of nitrogens with zero attached hydrogens (tertiary/aromatic N) is 5. The number of sulfonamides is 1. The Balaban J connectivity index is 1.58. The molecule has 0 atom stereocenters. The van der Waals surface area contributed by atoms with E-state index in [1.807, 2.05) is 16.9 Å². The standard InChI is InChI=1S/C14H15N5O2S2/c20-23(21,14-3-1-8-22-14)18-6-7-19-12(9-15-13(19)11-18)10-17-5-2-4-16-17/h1-5,8-9H,6-7,10-11H2. The van der Waals surface area contributed by atoms with Crippen LogP contribution in [-0.4, -0.2) is 38.6 Å². The van der Waals surface area contributed by atoms with Crippen LogP contribution in [0, 0.1) is 0 Å². The lowest BCUT2D eigenvalue weighted by Crippen LogP contribution is -2.38. The maximum atomic E-state index is 12.6. The lowest BCUT2D eigenvalue weighted by atomic mass is 10.4. The molecule has 0 radical (unpaired) electrons. The molecule has 3 aromatic rings. The van der Waals surface area contributed by atoms with Crippen molar-refractivity contribution in [3.8, 4) is 0 Å². The van der Waals surface area contributed by atoms with Gasteiger partial charge in [-0.2, -0.15) is 9.40 Å². The third-order valence-electron chi connectivity index (χ3n) is 3.88. The number of aromatic nitrogens is 4. The van der Waals surface area contributed by atoms with Crippen molar-refractivity contribution >= 4 is 21.4 Å². The van der Waals surface area contributed by atoms with Crippen LogP contribution >= 0.6 is 11.3 Å². The molecule has 0 unspecified atom stereocenters. The minimum absolute atomic E-state index is 0.305. The van der Waals surface area contributed by atoms with Gasteiger partial charge in [0.15, 0.2) is 0 Å². The summed E-state index contributed by atoms with van der Waals surface area (Å²) in [4.78, 5) is 4.40. The van der Waals surface area contributed by atoms with Crippen LogP contribution in [0.15, 0.2) is 46.4 Å². The molecule has 1 aliphatic heterocycles. The van der Waals surface area contributed by atoms with E-state index < -0.39 is 10.0 Å². The first-order valence-electron chi connectivity index (χ1n) is 7.19. The monoisotopic (exact) mass is 349 g/mol. The maximum Gasteiger partial charge on any atom is 0.253 e. The van der Waals surface area contributed by atoms with Gasteiger partial charge in [0.1, 0.15) is 10.0 Å². The summed E-state index contributed by atoms with van der Waals surface area (Å²) in [5.74, 6) is 0.776. The lowest BCUT2D eigenvalue weighted by Gasteiger charge is -2.27. The molecule has 4 rings (SSSR count). The molecule has 0 bridgehead atoms. The summed E-state index contributed by atoms with van der Waals surface area (Å²) in [6, 6.07) is 5.28. The summed E-state index contributed by atoms with van der Waals surface area (Å²) in [6.45, 7) is 2.00. The molecule has 0 N–H and O–H groups in total. The zero-order valence-electron chi connectivity index (χ0n) is 12.2. The van der Waals surface area contributed by atoms with E-state index in [0.29, 0.717) is 30.4 Å². The van der Waals surface area contributed by atoms with Gasteiger partial charge in [0, 0.05) is 25.5 Å². The summed E-state index contributed by atoms with van der Waals surface area (Å²) in [7, 11) is -3.42. The van der Waals surface area contributed by atoms with Gasteiger partial charge in [-0.3, -0.25) is 4.68 Å². The van der Waals surface area contributed by atoms with Crippen LogP contribution in [0.5, 0.6) is 0 Å². The van der Waals surface area contributed by atoms with Crippen LogP contribution in [0.4, 0.5) is 0 Å². The zero-order chi connectivity index (χ0) is 15.9. The molecule has 0 fully saturated rings. The molecule has 0 amide bonds. The van der Waals surface area contributed by atoms with Gasteiger partial charge in [0.25, 0.3) is 10.0 Å². The number of fused-ring (bicyclic) bond motifs is 1. The molecule has 0 saturated heterocycles. The highest BCUT2D eigenvalue weighted by Gasteiger charge is 2.30. The Morgan fingerprint density at radius 2 is 2.17 bits per heavy atom. The second-order valence-electron chi connectivity index (χ2n) is 5.29. The number of imidazole rings is 1. The third kappa shape index (κ3) is 2.60. The third-order valence-corrected chi connectivity index (χ3v) is 7.10. The van der Waals surface area contributed by atoms with Gasteiger partial charge < -0.3 is 4.57 Å². The second kappa shape index (κ2) is 5.59. The van der Waals surface area contributed by atoms with Crippen LogP contribution in [0.3, 0.4) is 0 Å². The van der Waals surface area contributed by atoms with Crippen molar-refractivity contribution in [2.75, 3.05) is 6.54 Å². The van der Waals surface area contributed by atoms with Crippen molar-refractivity contribution in [3.05, 3.63) is 53.7 Å². The summed E-state index contributed by atoms with van der Waals surface area (Å²) in [6.07, 6.45) is 5.44. The number of hydrogen-bond donors (Lipinski definition) is 0. The van der Waals surface area contributed by atoms with E-state index in [4.69, 9.17) is 0 Å². The Morgan fingerprint density at radius 3 is 2.91 bits per heavy atom. The quantitative estimate of drug-likeness (QED) is 0.714. The number of hydrogen-bond acceptors (Lipinski definition) is 5. The Bertz CT molecular complexity index is 897. The molecule has 7 nitrogen and oxygen atoms in total. The Hall–Kier alpha value is -1.97. The molecule has 3 aromatic heterocycles. The van der Waals surface area contributed by atoms with Crippen molar-refractivity contribution in [3.63, 3.8) is 0 Å². The summed E-state index contributed by atoms with van der Waals surface area (Å²) in [5.41, 5.74) is 1.04. The molecule has 23 heavy (non-hydrogen) atoms. The fourth-order valence-electron chi connectivity index (χ4n) is 2.73. The van der Waals surface area contributed by atoms with Crippen LogP contribution in [0.1, 0.15) is 11.5 Å². The molecule has 9 heteroatoms. The predicted molar refractivity (Wildman–Crippen MR) is 85.5 cm³/mol. The average molecular weight is 349 g/mol. The Labute approximate surface area is 137 Å².